The predicted molar refractivity (Wildman–Crippen MR) is 71.6 cm³/mol. The summed E-state index contributed by atoms with van der Waals surface area (Å²) in [7, 11) is 1.95. The van der Waals surface area contributed by atoms with E-state index in [9.17, 15) is 0 Å². The minimum absolute atomic E-state index is 0.0211. The van der Waals surface area contributed by atoms with Crippen molar-refractivity contribution in [2.24, 2.45) is 5.73 Å². The number of hydrogen-bond donors (Lipinski definition) is 2. The summed E-state index contributed by atoms with van der Waals surface area (Å²) in [6.07, 6.45) is 5.16. The normalized spacial score (nSPS) is 10.1. The molecule has 0 saturated heterocycles. The molecule has 2 rings (SSSR count). The lowest BCUT2D eigenvalue weighted by Crippen LogP contribution is -2.23. The Balaban J connectivity index is 2.24. The number of rotatable bonds is 4. The number of nitrogen functional groups attached to an aromatic ring is 1. The molecule has 2 aromatic rings. The van der Waals surface area contributed by atoms with Crippen LogP contribution in [0.2, 0.25) is 0 Å². The van der Waals surface area contributed by atoms with Crippen molar-refractivity contribution in [1.82, 2.24) is 9.97 Å². The third-order valence-corrected chi connectivity index (χ3v) is 2.62. The van der Waals surface area contributed by atoms with Crippen LogP contribution in [-0.2, 0) is 6.54 Å². The van der Waals surface area contributed by atoms with Crippen LogP contribution in [0, 0.1) is 5.41 Å². The second kappa shape index (κ2) is 5.27. The molecule has 3 N–H and O–H groups in total. The fourth-order valence-corrected chi connectivity index (χ4v) is 1.76. The molecule has 0 aliphatic rings. The monoisotopic (exact) mass is 241 g/mol. The van der Waals surface area contributed by atoms with Crippen molar-refractivity contribution in [2.75, 3.05) is 11.9 Å². The molecule has 0 aliphatic heterocycles. The van der Waals surface area contributed by atoms with Gasteiger partial charge in [0, 0.05) is 32.2 Å². The van der Waals surface area contributed by atoms with E-state index in [-0.39, 0.29) is 5.84 Å². The SMILES string of the molecule is CN(Cc1ccncc1)c1cccnc1C(=N)N. The van der Waals surface area contributed by atoms with Gasteiger partial charge in [-0.1, -0.05) is 0 Å². The molecule has 0 saturated carbocycles. The molecule has 0 unspecified atom stereocenters. The minimum atomic E-state index is -0.0211. The number of amidine groups is 1. The first kappa shape index (κ1) is 12.0. The first-order chi connectivity index (χ1) is 8.68. The molecule has 5 nitrogen and oxygen atoms in total. The van der Waals surface area contributed by atoms with Crippen molar-refractivity contribution in [3.63, 3.8) is 0 Å². The maximum absolute atomic E-state index is 7.53. The summed E-state index contributed by atoms with van der Waals surface area (Å²) in [6.45, 7) is 0.717. The standard InChI is InChI=1S/C13H15N5/c1-18(9-10-4-7-16-8-5-10)11-3-2-6-17-12(11)13(14)15/h2-8H,9H2,1H3,(H3,14,15). The van der Waals surface area contributed by atoms with Gasteiger partial charge in [0.05, 0.1) is 5.69 Å². The highest BCUT2D eigenvalue weighted by atomic mass is 15.1. The zero-order valence-corrected chi connectivity index (χ0v) is 10.2. The number of nitrogens with zero attached hydrogens (tertiary/aromatic N) is 3. The Labute approximate surface area is 106 Å². The molecule has 0 fully saturated rings. The van der Waals surface area contributed by atoms with Gasteiger partial charge in [-0.15, -0.1) is 0 Å². The molecule has 0 atom stereocenters. The van der Waals surface area contributed by atoms with Gasteiger partial charge in [0.1, 0.15) is 11.5 Å². The molecule has 92 valence electrons. The number of anilines is 1. The van der Waals surface area contributed by atoms with Crippen LogP contribution in [0.4, 0.5) is 5.69 Å². The molecule has 0 radical (unpaired) electrons. The van der Waals surface area contributed by atoms with Gasteiger partial charge in [-0.3, -0.25) is 15.4 Å². The highest BCUT2D eigenvalue weighted by molar-refractivity contribution is 5.98. The summed E-state index contributed by atoms with van der Waals surface area (Å²) < 4.78 is 0. The number of hydrogen-bond acceptors (Lipinski definition) is 4. The highest BCUT2D eigenvalue weighted by Crippen LogP contribution is 2.18. The fourth-order valence-electron chi connectivity index (χ4n) is 1.76. The van der Waals surface area contributed by atoms with Crippen LogP contribution >= 0.6 is 0 Å². The van der Waals surface area contributed by atoms with E-state index in [2.05, 4.69) is 9.97 Å². The Kier molecular flexibility index (Phi) is 3.52. The van der Waals surface area contributed by atoms with Crippen LogP contribution in [0.5, 0.6) is 0 Å². The van der Waals surface area contributed by atoms with Gasteiger partial charge in [0.15, 0.2) is 0 Å². The van der Waals surface area contributed by atoms with Crippen LogP contribution in [0.15, 0.2) is 42.9 Å². The summed E-state index contributed by atoms with van der Waals surface area (Å²) in [5, 5.41) is 7.53. The molecule has 2 heterocycles. The van der Waals surface area contributed by atoms with Crippen molar-refractivity contribution >= 4 is 11.5 Å². The van der Waals surface area contributed by atoms with E-state index in [1.807, 2.05) is 36.2 Å². The summed E-state index contributed by atoms with van der Waals surface area (Å²) in [5.41, 5.74) is 8.03. The Morgan fingerprint density at radius 3 is 2.67 bits per heavy atom. The van der Waals surface area contributed by atoms with Gasteiger partial charge in [-0.05, 0) is 29.8 Å². The maximum atomic E-state index is 7.53. The van der Waals surface area contributed by atoms with Crippen molar-refractivity contribution < 1.29 is 0 Å². The van der Waals surface area contributed by atoms with E-state index in [4.69, 9.17) is 11.1 Å². The molecule has 0 bridgehead atoms. The van der Waals surface area contributed by atoms with E-state index in [1.165, 1.54) is 0 Å². The highest BCUT2D eigenvalue weighted by Gasteiger charge is 2.10. The third-order valence-electron chi connectivity index (χ3n) is 2.62. The number of nitrogens with two attached hydrogens (primary N) is 1. The van der Waals surface area contributed by atoms with Crippen molar-refractivity contribution in [1.29, 1.82) is 5.41 Å². The summed E-state index contributed by atoms with van der Waals surface area (Å²) in [6, 6.07) is 7.66. The van der Waals surface area contributed by atoms with Crippen LogP contribution < -0.4 is 10.6 Å². The molecule has 0 amide bonds. The molecule has 5 heteroatoms. The lowest BCUT2D eigenvalue weighted by Gasteiger charge is -2.21. The Morgan fingerprint density at radius 1 is 1.28 bits per heavy atom. The van der Waals surface area contributed by atoms with Gasteiger partial charge >= 0.3 is 0 Å². The Bertz CT molecular complexity index is 538. The first-order valence-electron chi connectivity index (χ1n) is 5.58. The average molecular weight is 241 g/mol. The van der Waals surface area contributed by atoms with E-state index in [0.29, 0.717) is 12.2 Å². The Hall–Kier alpha value is -2.43. The van der Waals surface area contributed by atoms with E-state index >= 15 is 0 Å². The maximum Gasteiger partial charge on any atom is 0.143 e. The zero-order valence-electron chi connectivity index (χ0n) is 10.2. The average Bonchev–Trinajstić information content (AvgIpc) is 2.40. The van der Waals surface area contributed by atoms with E-state index in [1.54, 1.807) is 18.6 Å². The van der Waals surface area contributed by atoms with Crippen LogP contribution in [0.1, 0.15) is 11.3 Å². The van der Waals surface area contributed by atoms with Crippen molar-refractivity contribution in [3.8, 4) is 0 Å². The van der Waals surface area contributed by atoms with Gasteiger partial charge in [-0.2, -0.15) is 0 Å². The lowest BCUT2D eigenvalue weighted by atomic mass is 10.2. The molecule has 18 heavy (non-hydrogen) atoms. The summed E-state index contributed by atoms with van der Waals surface area (Å²) in [4.78, 5) is 10.1. The zero-order chi connectivity index (χ0) is 13.0. The van der Waals surface area contributed by atoms with Gasteiger partial charge < -0.3 is 10.6 Å². The van der Waals surface area contributed by atoms with Crippen LogP contribution in [0.25, 0.3) is 0 Å². The smallest absolute Gasteiger partial charge is 0.143 e. The first-order valence-corrected chi connectivity index (χ1v) is 5.58. The van der Waals surface area contributed by atoms with Crippen LogP contribution in [0.3, 0.4) is 0 Å². The largest absolute Gasteiger partial charge is 0.382 e. The van der Waals surface area contributed by atoms with Gasteiger partial charge in [0.25, 0.3) is 0 Å². The molecule has 0 spiro atoms. The second-order valence-electron chi connectivity index (χ2n) is 4.00. The molecule has 2 aromatic heterocycles. The number of aromatic nitrogens is 2. The molecular formula is C13H15N5. The molecule has 0 aliphatic carbocycles. The molecular weight excluding hydrogens is 226 g/mol. The fraction of sp³-hybridized carbons (Fsp3) is 0.154. The lowest BCUT2D eigenvalue weighted by molar-refractivity contribution is 0.911. The minimum Gasteiger partial charge on any atom is -0.382 e. The second-order valence-corrected chi connectivity index (χ2v) is 4.00. The van der Waals surface area contributed by atoms with E-state index in [0.717, 1.165) is 11.3 Å². The predicted octanol–water partition coefficient (Wildman–Crippen LogP) is 1.40. The van der Waals surface area contributed by atoms with E-state index < -0.39 is 0 Å². The number of pyridine rings is 2. The van der Waals surface area contributed by atoms with Crippen molar-refractivity contribution in [3.05, 3.63) is 54.1 Å². The number of nitrogens with one attached hydrogen (secondary N) is 1. The summed E-state index contributed by atoms with van der Waals surface area (Å²) >= 11 is 0. The Morgan fingerprint density at radius 2 is 2.00 bits per heavy atom. The third kappa shape index (κ3) is 2.63. The quantitative estimate of drug-likeness (QED) is 0.626. The van der Waals surface area contributed by atoms with Crippen molar-refractivity contribution in [2.45, 2.75) is 6.54 Å². The summed E-state index contributed by atoms with van der Waals surface area (Å²) in [5.74, 6) is -0.0211. The topological polar surface area (TPSA) is 78.9 Å². The van der Waals surface area contributed by atoms with Gasteiger partial charge in [-0.25, -0.2) is 0 Å². The van der Waals surface area contributed by atoms with Gasteiger partial charge in [0.2, 0.25) is 0 Å². The molecule has 0 aromatic carbocycles. The van der Waals surface area contributed by atoms with Crippen LogP contribution in [-0.4, -0.2) is 22.9 Å².